The fourth-order valence-corrected chi connectivity index (χ4v) is 3.51. The molecule has 0 aromatic heterocycles. The van der Waals surface area contributed by atoms with Gasteiger partial charge < -0.3 is 15.0 Å². The smallest absolute Gasteiger partial charge is 0.221 e. The molecule has 2 rings (SSSR count). The summed E-state index contributed by atoms with van der Waals surface area (Å²) in [6.45, 7) is 6.11. The molecule has 1 N–H and O–H groups in total. The van der Waals surface area contributed by atoms with Crippen LogP contribution in [0.3, 0.4) is 0 Å². The molecule has 1 saturated heterocycles. The third kappa shape index (κ3) is 4.85. The third-order valence-corrected chi connectivity index (χ3v) is 4.72. The number of benzene rings is 1. The maximum atomic E-state index is 12.5. The highest BCUT2D eigenvalue weighted by atomic mass is 35.5. The van der Waals surface area contributed by atoms with Gasteiger partial charge in [0.15, 0.2) is 0 Å². The van der Waals surface area contributed by atoms with Crippen molar-refractivity contribution in [1.82, 2.24) is 10.2 Å². The molecule has 0 aliphatic carbocycles. The van der Waals surface area contributed by atoms with E-state index in [1.807, 2.05) is 26.0 Å². The minimum atomic E-state index is -0.506. The van der Waals surface area contributed by atoms with Crippen molar-refractivity contribution in [2.75, 3.05) is 27.2 Å². The van der Waals surface area contributed by atoms with Gasteiger partial charge in [0.1, 0.15) is 5.75 Å². The molecule has 4 nitrogen and oxygen atoms in total. The number of carbonyl (C=O) groups excluding carboxylic acids is 1. The summed E-state index contributed by atoms with van der Waals surface area (Å²) in [6, 6.07) is 5.51. The summed E-state index contributed by atoms with van der Waals surface area (Å²) < 4.78 is 5.42. The molecule has 1 aromatic rings. The number of hydrogen-bond acceptors (Lipinski definition) is 3. The first-order valence-corrected chi connectivity index (χ1v) is 8.53. The zero-order chi connectivity index (χ0) is 17.0. The second-order valence-corrected chi connectivity index (χ2v) is 7.43. The van der Waals surface area contributed by atoms with E-state index in [0.29, 0.717) is 23.1 Å². The third-order valence-electron chi connectivity index (χ3n) is 4.48. The van der Waals surface area contributed by atoms with Gasteiger partial charge in [0.05, 0.1) is 12.6 Å². The summed E-state index contributed by atoms with van der Waals surface area (Å²) in [5, 5.41) is 3.77. The van der Waals surface area contributed by atoms with E-state index in [1.165, 1.54) is 6.42 Å². The van der Waals surface area contributed by atoms with Crippen LogP contribution >= 0.6 is 11.6 Å². The van der Waals surface area contributed by atoms with Gasteiger partial charge in [-0.2, -0.15) is 0 Å². The molecule has 5 heteroatoms. The van der Waals surface area contributed by atoms with Gasteiger partial charge >= 0.3 is 0 Å². The average molecular weight is 339 g/mol. The lowest BCUT2D eigenvalue weighted by Gasteiger charge is -2.32. The molecule has 1 aliphatic heterocycles. The number of amides is 1. The van der Waals surface area contributed by atoms with Gasteiger partial charge in [-0.3, -0.25) is 4.79 Å². The van der Waals surface area contributed by atoms with Crippen molar-refractivity contribution in [3.05, 3.63) is 28.8 Å². The second kappa shape index (κ2) is 7.54. The predicted molar refractivity (Wildman–Crippen MR) is 94.0 cm³/mol. The van der Waals surface area contributed by atoms with Gasteiger partial charge in [-0.05, 0) is 58.3 Å². The summed E-state index contributed by atoms with van der Waals surface area (Å²) in [6.07, 6.45) is 2.87. The summed E-state index contributed by atoms with van der Waals surface area (Å²) in [7, 11) is 3.73. The Morgan fingerprint density at radius 2 is 2.22 bits per heavy atom. The topological polar surface area (TPSA) is 41.6 Å². The molecule has 1 aromatic carbocycles. The minimum Gasteiger partial charge on any atom is -0.496 e. The highest BCUT2D eigenvalue weighted by molar-refractivity contribution is 6.30. The molecular weight excluding hydrogens is 312 g/mol. The molecule has 128 valence electrons. The van der Waals surface area contributed by atoms with E-state index in [-0.39, 0.29) is 5.91 Å². The van der Waals surface area contributed by atoms with Crippen molar-refractivity contribution in [3.8, 4) is 5.75 Å². The normalized spacial score (nSPS) is 19.4. The zero-order valence-corrected chi connectivity index (χ0v) is 15.2. The van der Waals surface area contributed by atoms with Crippen LogP contribution in [0, 0.1) is 5.92 Å². The Kier molecular flexibility index (Phi) is 5.93. The zero-order valence-electron chi connectivity index (χ0n) is 14.5. The highest BCUT2D eigenvalue weighted by Crippen LogP contribution is 2.32. The fourth-order valence-electron chi connectivity index (χ4n) is 3.35. The number of hydrogen-bond donors (Lipinski definition) is 1. The molecule has 1 aliphatic rings. The van der Waals surface area contributed by atoms with Crippen LogP contribution in [-0.2, 0) is 10.3 Å². The van der Waals surface area contributed by atoms with Crippen molar-refractivity contribution in [2.45, 2.75) is 38.6 Å². The van der Waals surface area contributed by atoms with Gasteiger partial charge in [0.2, 0.25) is 5.91 Å². The van der Waals surface area contributed by atoms with Gasteiger partial charge in [-0.25, -0.2) is 0 Å². The van der Waals surface area contributed by atoms with Crippen molar-refractivity contribution in [1.29, 1.82) is 0 Å². The molecule has 0 saturated carbocycles. The van der Waals surface area contributed by atoms with Gasteiger partial charge in [-0.15, -0.1) is 0 Å². The highest BCUT2D eigenvalue weighted by Gasteiger charge is 2.28. The second-order valence-electron chi connectivity index (χ2n) is 6.99. The van der Waals surface area contributed by atoms with Crippen LogP contribution in [0.2, 0.25) is 5.02 Å². The van der Waals surface area contributed by atoms with Crippen molar-refractivity contribution in [2.24, 2.45) is 5.92 Å². The molecule has 0 unspecified atom stereocenters. The number of nitrogens with one attached hydrogen (secondary N) is 1. The first-order chi connectivity index (χ1) is 10.8. The standard InChI is InChI=1S/C18H27ClN2O2/c1-18(2,15-8-7-14(19)11-16(15)23-4)20-17(22)10-13-6-5-9-21(3)12-13/h7-8,11,13H,5-6,9-10,12H2,1-4H3,(H,20,22)/t13-/m0/s1. The number of halogens is 1. The van der Waals surface area contributed by atoms with E-state index < -0.39 is 5.54 Å². The van der Waals surface area contributed by atoms with E-state index >= 15 is 0 Å². The monoisotopic (exact) mass is 338 g/mol. The summed E-state index contributed by atoms with van der Waals surface area (Å²) >= 11 is 6.02. The largest absolute Gasteiger partial charge is 0.496 e. The van der Waals surface area contributed by atoms with Crippen molar-refractivity contribution in [3.63, 3.8) is 0 Å². The molecule has 1 heterocycles. The number of nitrogens with zero attached hydrogens (tertiary/aromatic N) is 1. The van der Waals surface area contributed by atoms with E-state index in [4.69, 9.17) is 16.3 Å². The molecule has 1 fully saturated rings. The number of piperidine rings is 1. The summed E-state index contributed by atoms with van der Waals surface area (Å²) in [5.41, 5.74) is 0.423. The average Bonchev–Trinajstić information content (AvgIpc) is 2.46. The van der Waals surface area contributed by atoms with E-state index in [2.05, 4.69) is 17.3 Å². The first kappa shape index (κ1) is 18.1. The van der Waals surface area contributed by atoms with Crippen LogP contribution in [0.25, 0.3) is 0 Å². The lowest BCUT2D eigenvalue weighted by atomic mass is 9.91. The van der Waals surface area contributed by atoms with E-state index in [0.717, 1.165) is 25.1 Å². The fraction of sp³-hybridized carbons (Fsp3) is 0.611. The Morgan fingerprint density at radius 3 is 2.87 bits per heavy atom. The van der Waals surface area contributed by atoms with Crippen LogP contribution in [0.1, 0.15) is 38.7 Å². The van der Waals surface area contributed by atoms with Gasteiger partial charge in [0, 0.05) is 23.6 Å². The quantitative estimate of drug-likeness (QED) is 0.894. The van der Waals surface area contributed by atoms with Crippen LogP contribution in [-0.4, -0.2) is 38.1 Å². The number of rotatable bonds is 5. The van der Waals surface area contributed by atoms with Crippen LogP contribution in [0.4, 0.5) is 0 Å². The van der Waals surface area contributed by atoms with E-state index in [9.17, 15) is 4.79 Å². The maximum absolute atomic E-state index is 12.5. The Balaban J connectivity index is 2.04. The van der Waals surface area contributed by atoms with Gasteiger partial charge in [-0.1, -0.05) is 17.7 Å². The minimum absolute atomic E-state index is 0.0901. The molecule has 0 spiro atoms. The SMILES string of the molecule is COc1cc(Cl)ccc1C(C)(C)NC(=O)C[C@@H]1CCCN(C)C1. The molecular formula is C18H27ClN2O2. The van der Waals surface area contributed by atoms with Crippen LogP contribution in [0.15, 0.2) is 18.2 Å². The number of methoxy groups -OCH3 is 1. The molecule has 0 radical (unpaired) electrons. The Morgan fingerprint density at radius 1 is 1.48 bits per heavy atom. The molecule has 1 amide bonds. The summed E-state index contributed by atoms with van der Waals surface area (Å²) in [5.74, 6) is 1.23. The lowest BCUT2D eigenvalue weighted by molar-refractivity contribution is -0.124. The van der Waals surface area contributed by atoms with Crippen LogP contribution < -0.4 is 10.1 Å². The number of likely N-dealkylation sites (tertiary alicyclic amines) is 1. The number of carbonyl (C=O) groups is 1. The molecule has 1 atom stereocenters. The lowest BCUT2D eigenvalue weighted by Crippen LogP contribution is -2.43. The Bertz CT molecular complexity index is 560. The summed E-state index contributed by atoms with van der Waals surface area (Å²) in [4.78, 5) is 14.8. The first-order valence-electron chi connectivity index (χ1n) is 8.15. The Hall–Kier alpha value is -1.26. The maximum Gasteiger partial charge on any atom is 0.221 e. The molecule has 23 heavy (non-hydrogen) atoms. The van der Waals surface area contributed by atoms with Crippen LogP contribution in [0.5, 0.6) is 5.75 Å². The number of ether oxygens (including phenoxy) is 1. The molecule has 0 bridgehead atoms. The van der Waals surface area contributed by atoms with Crippen molar-refractivity contribution >= 4 is 17.5 Å². The van der Waals surface area contributed by atoms with E-state index in [1.54, 1.807) is 13.2 Å². The van der Waals surface area contributed by atoms with Gasteiger partial charge in [0.25, 0.3) is 0 Å². The van der Waals surface area contributed by atoms with Crippen molar-refractivity contribution < 1.29 is 9.53 Å². The predicted octanol–water partition coefficient (Wildman–Crippen LogP) is 3.43. The Labute approximate surface area is 144 Å².